The molecule has 0 aliphatic rings. The molecular weight excluding hydrogens is 232 g/mol. The molecule has 1 unspecified atom stereocenters. The molecular formula is C10H12N8. The summed E-state index contributed by atoms with van der Waals surface area (Å²) in [4.78, 5) is 4.09. The Hall–Kier alpha value is -2.51. The molecule has 0 saturated heterocycles. The molecule has 0 saturated carbocycles. The van der Waals surface area contributed by atoms with Crippen molar-refractivity contribution in [3.05, 3.63) is 30.9 Å². The molecule has 3 heterocycles. The van der Waals surface area contributed by atoms with Crippen LogP contribution in [0.15, 0.2) is 30.9 Å². The number of hydrogen-bond donors (Lipinski definition) is 1. The van der Waals surface area contributed by atoms with Crippen molar-refractivity contribution in [2.24, 2.45) is 0 Å². The minimum atomic E-state index is 0.182. The predicted molar refractivity (Wildman–Crippen MR) is 63.9 cm³/mol. The van der Waals surface area contributed by atoms with Crippen LogP contribution in [0.3, 0.4) is 0 Å². The second-order valence-electron chi connectivity index (χ2n) is 4.01. The van der Waals surface area contributed by atoms with Crippen molar-refractivity contribution in [1.82, 2.24) is 34.8 Å². The summed E-state index contributed by atoms with van der Waals surface area (Å²) in [6.07, 6.45) is 7.00. The molecule has 8 heteroatoms. The summed E-state index contributed by atoms with van der Waals surface area (Å²) >= 11 is 0. The van der Waals surface area contributed by atoms with E-state index < -0.39 is 0 Å². The van der Waals surface area contributed by atoms with Gasteiger partial charge in [-0.05, 0) is 23.4 Å². The number of fused-ring (bicyclic) bond motifs is 1. The maximum atomic E-state index is 4.16. The van der Waals surface area contributed by atoms with Crippen LogP contribution in [0.2, 0.25) is 0 Å². The first-order valence-corrected chi connectivity index (χ1v) is 5.59. The molecule has 1 N–H and O–H groups in total. The van der Waals surface area contributed by atoms with Gasteiger partial charge in [-0.1, -0.05) is 0 Å². The molecule has 0 fully saturated rings. The summed E-state index contributed by atoms with van der Waals surface area (Å²) in [6, 6.07) is 2.08. The number of aromatic nitrogens is 7. The van der Waals surface area contributed by atoms with Crippen LogP contribution in [0, 0.1) is 0 Å². The van der Waals surface area contributed by atoms with Crippen molar-refractivity contribution < 1.29 is 0 Å². The van der Waals surface area contributed by atoms with Crippen molar-refractivity contribution in [1.29, 1.82) is 0 Å². The molecule has 3 rings (SSSR count). The summed E-state index contributed by atoms with van der Waals surface area (Å²) < 4.78 is 3.48. The third-order valence-electron chi connectivity index (χ3n) is 2.52. The summed E-state index contributed by atoms with van der Waals surface area (Å²) in [5.41, 5.74) is 0.617. The highest BCUT2D eigenvalue weighted by molar-refractivity contribution is 5.44. The molecule has 0 spiro atoms. The molecule has 0 amide bonds. The smallest absolute Gasteiger partial charge is 0.199 e. The minimum absolute atomic E-state index is 0.182. The lowest BCUT2D eigenvalue weighted by atomic mass is 10.3. The van der Waals surface area contributed by atoms with Crippen molar-refractivity contribution in [3.63, 3.8) is 0 Å². The maximum Gasteiger partial charge on any atom is 0.199 e. The zero-order chi connectivity index (χ0) is 12.4. The molecule has 0 aliphatic heterocycles. The summed E-state index contributed by atoms with van der Waals surface area (Å²) in [7, 11) is 0. The van der Waals surface area contributed by atoms with Gasteiger partial charge in [-0.2, -0.15) is 9.61 Å². The van der Waals surface area contributed by atoms with Gasteiger partial charge in [-0.3, -0.25) is 9.67 Å². The van der Waals surface area contributed by atoms with Gasteiger partial charge in [0.05, 0.1) is 18.9 Å². The molecule has 0 radical (unpaired) electrons. The molecule has 1 atom stereocenters. The van der Waals surface area contributed by atoms with Gasteiger partial charge in [0.25, 0.3) is 0 Å². The topological polar surface area (TPSA) is 85.8 Å². The molecule has 3 aromatic heterocycles. The van der Waals surface area contributed by atoms with E-state index in [9.17, 15) is 0 Å². The Morgan fingerprint density at radius 3 is 3.17 bits per heavy atom. The molecule has 0 bridgehead atoms. The Labute approximate surface area is 103 Å². The van der Waals surface area contributed by atoms with E-state index in [1.165, 1.54) is 0 Å². The average molecular weight is 244 g/mol. The normalized spacial score (nSPS) is 12.7. The van der Waals surface area contributed by atoms with E-state index in [4.69, 9.17) is 0 Å². The van der Waals surface area contributed by atoms with Gasteiger partial charge in [0, 0.05) is 18.4 Å². The highest BCUT2D eigenvalue weighted by Gasteiger charge is 2.08. The molecule has 3 aromatic rings. The number of nitrogens with one attached hydrogen (secondary N) is 1. The number of rotatable bonds is 4. The Bertz CT molecular complexity index is 628. The Morgan fingerprint density at radius 2 is 2.33 bits per heavy atom. The quantitative estimate of drug-likeness (QED) is 0.706. The highest BCUT2D eigenvalue weighted by atomic mass is 15.5. The van der Waals surface area contributed by atoms with Crippen LogP contribution < -0.4 is 5.32 Å². The number of anilines is 1. The second-order valence-corrected chi connectivity index (χ2v) is 4.01. The summed E-state index contributed by atoms with van der Waals surface area (Å²) in [5.74, 6) is 0.761. The van der Waals surface area contributed by atoms with E-state index in [0.717, 1.165) is 12.4 Å². The molecule has 8 nitrogen and oxygen atoms in total. The van der Waals surface area contributed by atoms with Gasteiger partial charge >= 0.3 is 0 Å². The van der Waals surface area contributed by atoms with Crippen LogP contribution in [0.4, 0.5) is 5.82 Å². The SMILES string of the molecule is CC(Cn1cccn1)Nc1cncc2nnnn12. The number of hydrogen-bond acceptors (Lipinski definition) is 6. The van der Waals surface area contributed by atoms with Gasteiger partial charge in [-0.15, -0.1) is 5.10 Å². The van der Waals surface area contributed by atoms with Crippen molar-refractivity contribution in [3.8, 4) is 0 Å². The first-order valence-electron chi connectivity index (χ1n) is 5.59. The third kappa shape index (κ3) is 1.99. The Kier molecular flexibility index (Phi) is 2.60. The first kappa shape index (κ1) is 10.6. The van der Waals surface area contributed by atoms with E-state index in [1.54, 1.807) is 23.1 Å². The van der Waals surface area contributed by atoms with Gasteiger partial charge in [-0.25, -0.2) is 0 Å². The van der Waals surface area contributed by atoms with E-state index in [2.05, 4.69) is 37.8 Å². The van der Waals surface area contributed by atoms with Crippen LogP contribution in [0.5, 0.6) is 0 Å². The van der Waals surface area contributed by atoms with Gasteiger partial charge in [0.1, 0.15) is 0 Å². The molecule has 92 valence electrons. The van der Waals surface area contributed by atoms with Crippen LogP contribution in [0.25, 0.3) is 5.65 Å². The molecule has 18 heavy (non-hydrogen) atoms. The van der Waals surface area contributed by atoms with E-state index in [0.29, 0.717) is 5.65 Å². The zero-order valence-electron chi connectivity index (χ0n) is 9.80. The Balaban J connectivity index is 1.77. The van der Waals surface area contributed by atoms with Crippen molar-refractivity contribution >= 4 is 11.5 Å². The van der Waals surface area contributed by atoms with Gasteiger partial charge in [0.15, 0.2) is 11.5 Å². The first-order chi connectivity index (χ1) is 8.83. The predicted octanol–water partition coefficient (Wildman–Crippen LogP) is 0.216. The minimum Gasteiger partial charge on any atom is -0.364 e. The lowest BCUT2D eigenvalue weighted by Crippen LogP contribution is -2.23. The van der Waals surface area contributed by atoms with Crippen molar-refractivity contribution in [2.45, 2.75) is 19.5 Å². The summed E-state index contributed by atoms with van der Waals surface area (Å²) in [6.45, 7) is 2.82. The fourth-order valence-corrected chi connectivity index (χ4v) is 1.76. The maximum absolute atomic E-state index is 4.16. The monoisotopic (exact) mass is 244 g/mol. The molecule has 0 aliphatic carbocycles. The fraction of sp³-hybridized carbons (Fsp3) is 0.300. The average Bonchev–Trinajstić information content (AvgIpc) is 2.99. The lowest BCUT2D eigenvalue weighted by molar-refractivity contribution is 0.558. The van der Waals surface area contributed by atoms with E-state index in [1.807, 2.05) is 16.9 Å². The molecule has 0 aromatic carbocycles. The fourth-order valence-electron chi connectivity index (χ4n) is 1.76. The largest absolute Gasteiger partial charge is 0.364 e. The zero-order valence-corrected chi connectivity index (χ0v) is 9.80. The van der Waals surface area contributed by atoms with Crippen LogP contribution in [-0.2, 0) is 6.54 Å². The van der Waals surface area contributed by atoms with Crippen LogP contribution >= 0.6 is 0 Å². The lowest BCUT2D eigenvalue weighted by Gasteiger charge is -2.14. The number of tetrazole rings is 1. The van der Waals surface area contributed by atoms with Gasteiger partial charge < -0.3 is 5.32 Å². The van der Waals surface area contributed by atoms with Crippen molar-refractivity contribution in [2.75, 3.05) is 5.32 Å². The van der Waals surface area contributed by atoms with Gasteiger partial charge in [0.2, 0.25) is 0 Å². The van der Waals surface area contributed by atoms with Crippen LogP contribution in [-0.4, -0.2) is 40.8 Å². The highest BCUT2D eigenvalue weighted by Crippen LogP contribution is 2.08. The van der Waals surface area contributed by atoms with E-state index in [-0.39, 0.29) is 6.04 Å². The Morgan fingerprint density at radius 1 is 1.39 bits per heavy atom. The number of nitrogens with zero attached hydrogens (tertiary/aromatic N) is 7. The second kappa shape index (κ2) is 4.40. The summed E-state index contributed by atoms with van der Waals surface area (Å²) in [5, 5.41) is 18.8. The van der Waals surface area contributed by atoms with E-state index >= 15 is 0 Å². The van der Waals surface area contributed by atoms with Crippen LogP contribution in [0.1, 0.15) is 6.92 Å². The third-order valence-corrected chi connectivity index (χ3v) is 2.52. The standard InChI is InChI=1S/C10H12N8/c1-8(7-17-4-2-3-12-17)13-9-5-11-6-10-14-15-16-18(9)10/h2-6,8,13H,7H2,1H3.